The molecule has 1 aromatic heterocycles. The topological polar surface area (TPSA) is 61.4 Å². The van der Waals surface area contributed by atoms with Crippen LogP contribution in [0.4, 0.5) is 0 Å². The summed E-state index contributed by atoms with van der Waals surface area (Å²) >= 11 is 0. The highest BCUT2D eigenvalue weighted by atomic mass is 16.5. The maximum atomic E-state index is 12.3. The predicted molar refractivity (Wildman–Crippen MR) is 82.5 cm³/mol. The summed E-state index contributed by atoms with van der Waals surface area (Å²) in [4.78, 5) is 24.2. The monoisotopic (exact) mass is 297 g/mol. The lowest BCUT2D eigenvalue weighted by Gasteiger charge is -2.06. The molecule has 0 spiro atoms. The quantitative estimate of drug-likeness (QED) is 0.745. The van der Waals surface area contributed by atoms with Crippen LogP contribution in [0.25, 0.3) is 11.1 Å². The third-order valence-electron chi connectivity index (χ3n) is 3.34. The second kappa shape index (κ2) is 5.52. The Labute approximate surface area is 126 Å². The molecule has 0 unspecified atom stereocenters. The van der Waals surface area contributed by atoms with Crippen LogP contribution in [-0.2, 0) is 0 Å². The molecule has 0 aliphatic carbocycles. The number of oxazole rings is 1. The van der Waals surface area contributed by atoms with Crippen LogP contribution in [0.1, 0.15) is 15.9 Å². The Balaban J connectivity index is 1.88. The van der Waals surface area contributed by atoms with Gasteiger partial charge in [0.2, 0.25) is 0 Å². The van der Waals surface area contributed by atoms with E-state index in [-0.39, 0.29) is 6.61 Å². The molecule has 0 N–H and O–H groups in total. The summed E-state index contributed by atoms with van der Waals surface area (Å²) in [5.74, 6) is -0.570. The van der Waals surface area contributed by atoms with Crippen LogP contribution in [0, 0.1) is 13.8 Å². The van der Waals surface area contributed by atoms with Gasteiger partial charge >= 0.3 is 5.76 Å². The number of hydrogen-bond acceptors (Lipinski definition) is 4. The standard InChI is InChI=1S/C17H15NO4/c1-11-4-3-5-13(8-11)21-10-16(19)18-14-9-12(2)6-7-15(14)22-17(18)20/h3-9H,10H2,1-2H3. The molecule has 3 aromatic rings. The Hall–Kier alpha value is -2.82. The van der Waals surface area contributed by atoms with Crippen molar-refractivity contribution in [3.05, 3.63) is 64.1 Å². The smallest absolute Gasteiger partial charge is 0.426 e. The molecule has 2 aromatic carbocycles. The van der Waals surface area contributed by atoms with E-state index in [9.17, 15) is 9.59 Å². The van der Waals surface area contributed by atoms with Crippen molar-refractivity contribution in [3.63, 3.8) is 0 Å². The van der Waals surface area contributed by atoms with Crippen molar-refractivity contribution in [2.75, 3.05) is 6.61 Å². The Kier molecular flexibility index (Phi) is 3.55. The molecule has 0 aliphatic heterocycles. The van der Waals surface area contributed by atoms with Gasteiger partial charge in [0.1, 0.15) is 5.75 Å². The number of aryl methyl sites for hydroxylation is 2. The van der Waals surface area contributed by atoms with Crippen molar-refractivity contribution in [1.82, 2.24) is 4.57 Å². The number of hydrogen-bond donors (Lipinski definition) is 0. The molecular weight excluding hydrogens is 282 g/mol. The lowest BCUT2D eigenvalue weighted by Crippen LogP contribution is -2.27. The van der Waals surface area contributed by atoms with E-state index >= 15 is 0 Å². The fraction of sp³-hybridized carbons (Fsp3) is 0.176. The molecule has 5 nitrogen and oxygen atoms in total. The molecule has 112 valence electrons. The third-order valence-corrected chi connectivity index (χ3v) is 3.34. The first-order chi connectivity index (χ1) is 10.5. The second-order valence-corrected chi connectivity index (χ2v) is 5.17. The molecule has 0 fully saturated rings. The minimum atomic E-state index is -0.696. The Morgan fingerprint density at radius 1 is 1.14 bits per heavy atom. The zero-order valence-electron chi connectivity index (χ0n) is 12.3. The first kappa shape index (κ1) is 14.1. The molecule has 0 saturated heterocycles. The Morgan fingerprint density at radius 3 is 2.68 bits per heavy atom. The van der Waals surface area contributed by atoms with Crippen LogP contribution in [0.3, 0.4) is 0 Å². The number of rotatable bonds is 3. The van der Waals surface area contributed by atoms with Crippen LogP contribution in [-0.4, -0.2) is 17.1 Å². The summed E-state index contributed by atoms with van der Waals surface area (Å²) in [5.41, 5.74) is 2.82. The predicted octanol–water partition coefficient (Wildman–Crippen LogP) is 2.93. The largest absolute Gasteiger partial charge is 0.484 e. The third kappa shape index (κ3) is 2.65. The van der Waals surface area contributed by atoms with E-state index in [1.165, 1.54) is 0 Å². The highest BCUT2D eigenvalue weighted by Crippen LogP contribution is 2.15. The summed E-state index contributed by atoms with van der Waals surface area (Å²) < 4.78 is 11.5. The van der Waals surface area contributed by atoms with E-state index < -0.39 is 11.7 Å². The second-order valence-electron chi connectivity index (χ2n) is 5.17. The van der Waals surface area contributed by atoms with Gasteiger partial charge in [0.05, 0.1) is 5.52 Å². The molecule has 0 aliphatic rings. The van der Waals surface area contributed by atoms with Crippen LogP contribution in [0.5, 0.6) is 5.75 Å². The van der Waals surface area contributed by atoms with Gasteiger partial charge in [0.15, 0.2) is 12.2 Å². The first-order valence-corrected chi connectivity index (χ1v) is 6.89. The molecule has 3 rings (SSSR count). The SMILES string of the molecule is Cc1cccc(OCC(=O)n2c(=O)oc3ccc(C)cc32)c1. The first-order valence-electron chi connectivity index (χ1n) is 6.89. The van der Waals surface area contributed by atoms with E-state index in [1.807, 2.05) is 38.1 Å². The van der Waals surface area contributed by atoms with Crippen LogP contribution >= 0.6 is 0 Å². The fourth-order valence-electron chi connectivity index (χ4n) is 2.28. The number of ether oxygens (including phenoxy) is 1. The molecular formula is C17H15NO4. The van der Waals surface area contributed by atoms with Crippen molar-refractivity contribution in [1.29, 1.82) is 0 Å². The average molecular weight is 297 g/mol. The summed E-state index contributed by atoms with van der Waals surface area (Å²) in [6.45, 7) is 3.59. The summed E-state index contributed by atoms with van der Waals surface area (Å²) in [5, 5.41) is 0. The highest BCUT2D eigenvalue weighted by molar-refractivity contribution is 5.90. The molecule has 0 bridgehead atoms. The van der Waals surface area contributed by atoms with Crippen LogP contribution < -0.4 is 10.5 Å². The van der Waals surface area contributed by atoms with Crippen LogP contribution in [0.15, 0.2) is 51.7 Å². The maximum Gasteiger partial charge on any atom is 0.426 e. The molecule has 0 radical (unpaired) electrons. The van der Waals surface area contributed by atoms with Crippen molar-refractivity contribution in [3.8, 4) is 5.75 Å². The van der Waals surface area contributed by atoms with E-state index in [2.05, 4.69) is 0 Å². The zero-order valence-corrected chi connectivity index (χ0v) is 12.3. The number of carbonyl (C=O) groups excluding carboxylic acids is 1. The van der Waals surface area contributed by atoms with Gasteiger partial charge in [-0.2, -0.15) is 0 Å². The van der Waals surface area contributed by atoms with Gasteiger partial charge in [-0.15, -0.1) is 0 Å². The van der Waals surface area contributed by atoms with E-state index in [1.54, 1.807) is 18.2 Å². The van der Waals surface area contributed by atoms with Crippen molar-refractivity contribution >= 4 is 17.0 Å². The molecule has 0 amide bonds. The van der Waals surface area contributed by atoms with Gasteiger partial charge < -0.3 is 9.15 Å². The maximum absolute atomic E-state index is 12.3. The Morgan fingerprint density at radius 2 is 1.91 bits per heavy atom. The molecule has 0 atom stereocenters. The Bertz CT molecular complexity index is 904. The van der Waals surface area contributed by atoms with Crippen molar-refractivity contribution in [2.24, 2.45) is 0 Å². The molecule has 0 saturated carbocycles. The van der Waals surface area contributed by atoms with Gasteiger partial charge in [-0.3, -0.25) is 4.79 Å². The lowest BCUT2D eigenvalue weighted by molar-refractivity contribution is 0.0834. The number of aromatic nitrogens is 1. The number of carbonyl (C=O) groups is 1. The van der Waals surface area contributed by atoms with E-state index in [4.69, 9.17) is 9.15 Å². The van der Waals surface area contributed by atoms with Gasteiger partial charge in [-0.1, -0.05) is 18.2 Å². The summed E-state index contributed by atoms with van der Waals surface area (Å²) in [6.07, 6.45) is 0. The fourth-order valence-corrected chi connectivity index (χ4v) is 2.28. The summed E-state index contributed by atoms with van der Waals surface area (Å²) in [6, 6.07) is 12.6. The lowest BCUT2D eigenvalue weighted by atomic mass is 10.2. The summed E-state index contributed by atoms with van der Waals surface area (Å²) in [7, 11) is 0. The number of benzene rings is 2. The minimum absolute atomic E-state index is 0.230. The zero-order chi connectivity index (χ0) is 15.7. The van der Waals surface area contributed by atoms with Gasteiger partial charge in [-0.05, 0) is 49.2 Å². The van der Waals surface area contributed by atoms with Gasteiger partial charge in [-0.25, -0.2) is 9.36 Å². The molecule has 1 heterocycles. The minimum Gasteiger partial charge on any atom is -0.484 e. The van der Waals surface area contributed by atoms with Crippen LogP contribution in [0.2, 0.25) is 0 Å². The number of nitrogens with zero attached hydrogens (tertiary/aromatic N) is 1. The van der Waals surface area contributed by atoms with E-state index in [0.717, 1.165) is 15.7 Å². The van der Waals surface area contributed by atoms with E-state index in [0.29, 0.717) is 16.8 Å². The highest BCUT2D eigenvalue weighted by Gasteiger charge is 2.16. The van der Waals surface area contributed by atoms with Gasteiger partial charge in [0.25, 0.3) is 5.91 Å². The number of fused-ring (bicyclic) bond motifs is 1. The average Bonchev–Trinajstić information content (AvgIpc) is 2.80. The normalized spacial score (nSPS) is 10.8. The molecule has 22 heavy (non-hydrogen) atoms. The van der Waals surface area contributed by atoms with Gasteiger partial charge in [0, 0.05) is 0 Å². The van der Waals surface area contributed by atoms with Crippen molar-refractivity contribution < 1.29 is 13.9 Å². The van der Waals surface area contributed by atoms with Crippen molar-refractivity contribution in [2.45, 2.75) is 13.8 Å². The molecule has 5 heteroatoms.